The fraction of sp³-hybridized carbons (Fsp3) is 0.182. The van der Waals surface area contributed by atoms with Crippen molar-refractivity contribution in [1.82, 2.24) is 4.98 Å². The van der Waals surface area contributed by atoms with Crippen LogP contribution in [0.25, 0.3) is 11.3 Å². The second kappa shape index (κ2) is 5.14. The van der Waals surface area contributed by atoms with E-state index in [9.17, 15) is 17.6 Å². The van der Waals surface area contributed by atoms with E-state index in [1.807, 2.05) is 0 Å². The molecule has 2 rings (SSSR count). The number of nitrogens with two attached hydrogens (primary N) is 1. The van der Waals surface area contributed by atoms with Crippen LogP contribution in [0.3, 0.4) is 0 Å². The highest BCUT2D eigenvalue weighted by Crippen LogP contribution is 2.30. The van der Waals surface area contributed by atoms with E-state index in [2.05, 4.69) is 9.72 Å². The molecule has 8 heteroatoms. The molecule has 0 saturated carbocycles. The summed E-state index contributed by atoms with van der Waals surface area (Å²) in [5.74, 6) is -1.97. The van der Waals surface area contributed by atoms with E-state index in [4.69, 9.17) is 5.73 Å². The topological polar surface area (TPSA) is 48.1 Å². The molecule has 0 spiro atoms. The van der Waals surface area contributed by atoms with Gasteiger partial charge in [-0.1, -0.05) is 0 Å². The lowest BCUT2D eigenvalue weighted by Crippen LogP contribution is -2.17. The number of hydrogen-bond acceptors (Lipinski definition) is 4. The molecule has 1 aromatic heterocycles. The molecule has 0 atom stereocenters. The Morgan fingerprint density at radius 2 is 2.05 bits per heavy atom. The van der Waals surface area contributed by atoms with E-state index in [1.54, 1.807) is 5.38 Å². The number of alkyl halides is 3. The van der Waals surface area contributed by atoms with Gasteiger partial charge in [-0.05, 0) is 18.2 Å². The first-order valence-corrected chi connectivity index (χ1v) is 5.97. The molecule has 0 radical (unpaired) electrons. The molecule has 0 amide bonds. The number of benzene rings is 1. The Balaban J connectivity index is 2.28. The van der Waals surface area contributed by atoms with Gasteiger partial charge in [0.05, 0.1) is 5.69 Å². The summed E-state index contributed by atoms with van der Waals surface area (Å²) < 4.78 is 53.0. The van der Waals surface area contributed by atoms with Crippen LogP contribution in [-0.2, 0) is 6.54 Å². The van der Waals surface area contributed by atoms with Crippen molar-refractivity contribution in [1.29, 1.82) is 0 Å². The summed E-state index contributed by atoms with van der Waals surface area (Å²) in [5.41, 5.74) is 6.22. The van der Waals surface area contributed by atoms with Crippen molar-refractivity contribution in [3.8, 4) is 17.0 Å². The predicted octanol–water partition coefficient (Wildman–Crippen LogP) is 3.31. The molecule has 0 bridgehead atoms. The molecule has 0 unspecified atom stereocenters. The van der Waals surface area contributed by atoms with Crippen LogP contribution in [-0.4, -0.2) is 11.3 Å². The van der Waals surface area contributed by atoms with E-state index in [-0.39, 0.29) is 6.54 Å². The second-order valence-electron chi connectivity index (χ2n) is 3.52. The van der Waals surface area contributed by atoms with Crippen LogP contribution in [0.15, 0.2) is 23.6 Å². The van der Waals surface area contributed by atoms with Gasteiger partial charge in [0.15, 0.2) is 11.6 Å². The lowest BCUT2D eigenvalue weighted by molar-refractivity contribution is -0.275. The van der Waals surface area contributed by atoms with Crippen LogP contribution in [0.1, 0.15) is 5.01 Å². The zero-order chi connectivity index (χ0) is 14.0. The third-order valence-corrected chi connectivity index (χ3v) is 3.05. The molecule has 19 heavy (non-hydrogen) atoms. The van der Waals surface area contributed by atoms with Gasteiger partial charge in [0.2, 0.25) is 0 Å². The number of rotatable bonds is 3. The van der Waals surface area contributed by atoms with Crippen LogP contribution in [0, 0.1) is 5.82 Å². The highest BCUT2D eigenvalue weighted by molar-refractivity contribution is 7.09. The third-order valence-electron chi connectivity index (χ3n) is 2.18. The molecule has 3 nitrogen and oxygen atoms in total. The van der Waals surface area contributed by atoms with E-state index < -0.39 is 17.9 Å². The maximum atomic E-state index is 13.5. The SMILES string of the molecule is NCc1nc(-c2ccc(OC(F)(F)F)c(F)c2)cs1. The normalized spacial score (nSPS) is 11.6. The third kappa shape index (κ3) is 3.42. The lowest BCUT2D eigenvalue weighted by Gasteiger charge is -2.09. The average molecular weight is 292 g/mol. The summed E-state index contributed by atoms with van der Waals surface area (Å²) in [6.45, 7) is 0.252. The number of nitrogens with zero attached hydrogens (tertiary/aromatic N) is 1. The fourth-order valence-corrected chi connectivity index (χ4v) is 2.09. The first-order chi connectivity index (χ1) is 8.89. The minimum atomic E-state index is -4.92. The van der Waals surface area contributed by atoms with Crippen molar-refractivity contribution in [3.63, 3.8) is 0 Å². The molecule has 2 N–H and O–H groups in total. The highest BCUT2D eigenvalue weighted by atomic mass is 32.1. The Labute approximate surface area is 109 Å². The van der Waals surface area contributed by atoms with Crippen molar-refractivity contribution >= 4 is 11.3 Å². The number of ether oxygens (including phenoxy) is 1. The molecular weight excluding hydrogens is 284 g/mol. The van der Waals surface area contributed by atoms with E-state index >= 15 is 0 Å². The van der Waals surface area contributed by atoms with E-state index in [1.165, 1.54) is 17.4 Å². The number of thiazole rings is 1. The molecule has 0 aliphatic carbocycles. The summed E-state index contributed by atoms with van der Waals surface area (Å²) in [5, 5.41) is 2.31. The molecule has 0 aliphatic rings. The maximum absolute atomic E-state index is 13.5. The first kappa shape index (κ1) is 13.8. The summed E-state index contributed by atoms with van der Waals surface area (Å²) >= 11 is 1.29. The number of hydrogen-bond donors (Lipinski definition) is 1. The Morgan fingerprint density at radius 3 is 2.58 bits per heavy atom. The van der Waals surface area contributed by atoms with E-state index in [0.717, 1.165) is 12.1 Å². The quantitative estimate of drug-likeness (QED) is 0.883. The van der Waals surface area contributed by atoms with Crippen molar-refractivity contribution < 1.29 is 22.3 Å². The van der Waals surface area contributed by atoms with Crippen molar-refractivity contribution in [2.75, 3.05) is 0 Å². The van der Waals surface area contributed by atoms with Crippen molar-refractivity contribution in [2.45, 2.75) is 12.9 Å². The van der Waals surface area contributed by atoms with Crippen molar-refractivity contribution in [3.05, 3.63) is 34.4 Å². The smallest absolute Gasteiger partial charge is 0.403 e. The Hall–Kier alpha value is -1.67. The second-order valence-corrected chi connectivity index (χ2v) is 4.47. The van der Waals surface area contributed by atoms with Crippen LogP contribution < -0.4 is 10.5 Å². The van der Waals surface area contributed by atoms with E-state index in [0.29, 0.717) is 16.3 Å². The minimum Gasteiger partial charge on any atom is -0.403 e. The lowest BCUT2D eigenvalue weighted by atomic mass is 10.1. The van der Waals surface area contributed by atoms with Crippen LogP contribution >= 0.6 is 11.3 Å². The molecule has 1 heterocycles. The molecule has 102 valence electrons. The average Bonchev–Trinajstić information content (AvgIpc) is 2.79. The van der Waals surface area contributed by atoms with Gasteiger partial charge in [0, 0.05) is 17.5 Å². The Kier molecular flexibility index (Phi) is 3.72. The number of aromatic nitrogens is 1. The fourth-order valence-electron chi connectivity index (χ4n) is 1.40. The number of halogens is 4. The molecule has 0 aliphatic heterocycles. The van der Waals surface area contributed by atoms with Gasteiger partial charge in [-0.15, -0.1) is 24.5 Å². The molecule has 0 fully saturated rings. The van der Waals surface area contributed by atoms with Crippen LogP contribution in [0.2, 0.25) is 0 Å². The van der Waals surface area contributed by atoms with Gasteiger partial charge in [0.1, 0.15) is 5.01 Å². The summed E-state index contributed by atoms with van der Waals surface area (Å²) in [6.07, 6.45) is -4.92. The molecule has 2 aromatic rings. The molecular formula is C11H8F4N2OS. The maximum Gasteiger partial charge on any atom is 0.573 e. The molecule has 1 aromatic carbocycles. The standard InChI is InChI=1S/C11H8F4N2OS/c12-7-3-6(8-5-19-10(4-16)17-8)1-2-9(7)18-11(13,14)15/h1-3,5H,4,16H2. The minimum absolute atomic E-state index is 0.252. The van der Waals surface area contributed by atoms with Gasteiger partial charge < -0.3 is 10.5 Å². The Morgan fingerprint density at radius 1 is 1.32 bits per heavy atom. The largest absolute Gasteiger partial charge is 0.573 e. The highest BCUT2D eigenvalue weighted by Gasteiger charge is 2.32. The summed E-state index contributed by atoms with van der Waals surface area (Å²) in [4.78, 5) is 4.11. The van der Waals surface area contributed by atoms with Gasteiger partial charge in [-0.3, -0.25) is 0 Å². The van der Waals surface area contributed by atoms with Gasteiger partial charge in [-0.25, -0.2) is 9.37 Å². The van der Waals surface area contributed by atoms with Crippen LogP contribution in [0.5, 0.6) is 5.75 Å². The zero-order valence-corrected chi connectivity index (χ0v) is 10.2. The summed E-state index contributed by atoms with van der Waals surface area (Å²) in [7, 11) is 0. The monoisotopic (exact) mass is 292 g/mol. The predicted molar refractivity (Wildman–Crippen MR) is 62.1 cm³/mol. The first-order valence-electron chi connectivity index (χ1n) is 5.09. The van der Waals surface area contributed by atoms with Gasteiger partial charge in [0.25, 0.3) is 0 Å². The van der Waals surface area contributed by atoms with Gasteiger partial charge >= 0.3 is 6.36 Å². The zero-order valence-electron chi connectivity index (χ0n) is 9.37. The Bertz CT molecular complexity index is 582. The van der Waals surface area contributed by atoms with Gasteiger partial charge in [-0.2, -0.15) is 0 Å². The summed E-state index contributed by atoms with van der Waals surface area (Å²) in [6, 6.07) is 3.16. The van der Waals surface area contributed by atoms with Crippen LogP contribution in [0.4, 0.5) is 17.6 Å². The molecule has 0 saturated heterocycles. The van der Waals surface area contributed by atoms with Crippen molar-refractivity contribution in [2.24, 2.45) is 5.73 Å².